The van der Waals surface area contributed by atoms with Gasteiger partial charge in [0, 0.05) is 38.8 Å². The maximum atomic E-state index is 14.2. The number of benzene rings is 3. The number of amidine groups is 1. The molecule has 0 radical (unpaired) electrons. The summed E-state index contributed by atoms with van der Waals surface area (Å²) in [7, 11) is 3.15. The first kappa shape index (κ1) is 30.1. The number of ether oxygens (including phenoxy) is 2. The minimum absolute atomic E-state index is 0.269. The molecular weight excluding hydrogens is 542 g/mol. The van der Waals surface area contributed by atoms with E-state index in [1.54, 1.807) is 27.2 Å². The molecule has 0 bridgehead atoms. The van der Waals surface area contributed by atoms with Crippen molar-refractivity contribution in [1.82, 2.24) is 9.80 Å². The van der Waals surface area contributed by atoms with E-state index >= 15 is 0 Å². The summed E-state index contributed by atoms with van der Waals surface area (Å²) >= 11 is 0. The van der Waals surface area contributed by atoms with Crippen molar-refractivity contribution in [2.75, 3.05) is 51.8 Å². The molecule has 2 aliphatic heterocycles. The SMILES string of the molecule is COc1ccc([C@@H](CCCN=C(C)N)N2C(=O)c3cccc(N4CCN(C(C)c5ccccc5)CC4)c3C2=O)cc1OC. The number of carbonyl (C=O) groups excluding carboxylic acids is 2. The Morgan fingerprint density at radius 3 is 2.28 bits per heavy atom. The van der Waals surface area contributed by atoms with Crippen LogP contribution in [-0.2, 0) is 0 Å². The smallest absolute Gasteiger partial charge is 0.264 e. The zero-order valence-corrected chi connectivity index (χ0v) is 25.5. The fourth-order valence-corrected chi connectivity index (χ4v) is 6.17. The number of nitrogens with zero attached hydrogens (tertiary/aromatic N) is 4. The Balaban J connectivity index is 1.41. The van der Waals surface area contributed by atoms with Crippen molar-refractivity contribution in [2.24, 2.45) is 10.7 Å². The minimum atomic E-state index is -0.503. The summed E-state index contributed by atoms with van der Waals surface area (Å²) in [6.45, 7) is 7.75. The molecule has 9 heteroatoms. The van der Waals surface area contributed by atoms with Gasteiger partial charge in [-0.2, -0.15) is 0 Å². The number of rotatable bonds is 11. The van der Waals surface area contributed by atoms with Crippen LogP contribution in [-0.4, -0.2) is 74.4 Å². The van der Waals surface area contributed by atoms with Gasteiger partial charge in [-0.05, 0) is 62.1 Å². The van der Waals surface area contributed by atoms with Crippen molar-refractivity contribution in [1.29, 1.82) is 0 Å². The van der Waals surface area contributed by atoms with Gasteiger partial charge in [0.1, 0.15) is 0 Å². The van der Waals surface area contributed by atoms with Crippen LogP contribution < -0.4 is 20.1 Å². The Hall–Kier alpha value is -4.37. The first-order chi connectivity index (χ1) is 20.8. The molecule has 2 aliphatic rings. The van der Waals surface area contributed by atoms with Gasteiger partial charge in [0.15, 0.2) is 11.5 Å². The number of amides is 2. The molecule has 3 aromatic carbocycles. The van der Waals surface area contributed by atoms with E-state index in [1.165, 1.54) is 10.5 Å². The number of carbonyl (C=O) groups is 2. The average Bonchev–Trinajstić information content (AvgIpc) is 3.30. The van der Waals surface area contributed by atoms with Gasteiger partial charge in [-0.3, -0.25) is 24.4 Å². The van der Waals surface area contributed by atoms with Crippen molar-refractivity contribution < 1.29 is 19.1 Å². The first-order valence-corrected chi connectivity index (χ1v) is 14.9. The van der Waals surface area contributed by atoms with Crippen LogP contribution in [0.15, 0.2) is 71.7 Å². The molecule has 5 rings (SSSR count). The van der Waals surface area contributed by atoms with Gasteiger partial charge in [-0.25, -0.2) is 0 Å². The highest BCUT2D eigenvalue weighted by atomic mass is 16.5. The number of anilines is 1. The molecule has 2 N–H and O–H groups in total. The van der Waals surface area contributed by atoms with Gasteiger partial charge in [-0.1, -0.05) is 42.5 Å². The maximum absolute atomic E-state index is 14.2. The average molecular weight is 584 g/mol. The molecule has 2 amide bonds. The van der Waals surface area contributed by atoms with E-state index in [2.05, 4.69) is 46.0 Å². The number of nitrogens with two attached hydrogens (primary N) is 1. The molecule has 3 aromatic rings. The van der Waals surface area contributed by atoms with E-state index in [9.17, 15) is 9.59 Å². The van der Waals surface area contributed by atoms with E-state index in [0.29, 0.717) is 53.9 Å². The molecule has 9 nitrogen and oxygen atoms in total. The number of methoxy groups -OCH3 is 2. The van der Waals surface area contributed by atoms with Crippen LogP contribution >= 0.6 is 0 Å². The lowest BCUT2D eigenvalue weighted by molar-refractivity contribution is 0.0572. The Bertz CT molecular complexity index is 1480. The van der Waals surface area contributed by atoms with Crippen LogP contribution in [0.2, 0.25) is 0 Å². The third-order valence-corrected chi connectivity index (χ3v) is 8.51. The number of imide groups is 1. The van der Waals surface area contributed by atoms with Gasteiger partial charge in [0.05, 0.1) is 42.9 Å². The quantitative estimate of drug-likeness (QED) is 0.145. The highest BCUT2D eigenvalue weighted by Gasteiger charge is 2.43. The van der Waals surface area contributed by atoms with E-state index < -0.39 is 6.04 Å². The van der Waals surface area contributed by atoms with Crippen molar-refractivity contribution in [3.8, 4) is 11.5 Å². The summed E-state index contributed by atoms with van der Waals surface area (Å²) in [5.41, 5.74) is 9.59. The summed E-state index contributed by atoms with van der Waals surface area (Å²) < 4.78 is 11.0. The molecule has 0 aliphatic carbocycles. The third-order valence-electron chi connectivity index (χ3n) is 8.51. The molecular formula is C34H41N5O4. The second-order valence-corrected chi connectivity index (χ2v) is 11.1. The third kappa shape index (κ3) is 6.22. The molecule has 0 saturated carbocycles. The number of fused-ring (bicyclic) bond motifs is 1. The van der Waals surface area contributed by atoms with Crippen LogP contribution in [0.3, 0.4) is 0 Å². The Morgan fingerprint density at radius 2 is 1.60 bits per heavy atom. The molecule has 226 valence electrons. The normalized spacial score (nSPS) is 17.2. The molecule has 2 heterocycles. The Kier molecular flexibility index (Phi) is 9.31. The lowest BCUT2D eigenvalue weighted by Crippen LogP contribution is -2.47. The molecule has 43 heavy (non-hydrogen) atoms. The molecule has 1 unspecified atom stereocenters. The standard InChI is InChI=1S/C34H41N5O4/c1-23(25-10-6-5-7-11-25)37-18-20-38(21-19-37)29-13-8-12-27-32(29)34(41)39(33(27)40)28(14-9-17-36-24(2)35)26-15-16-30(42-3)31(22-26)43-4/h5-8,10-13,15-16,22-23,28H,9,14,17-21H2,1-4H3,(H2,35,36)/t23?,28-/m1/s1. The number of hydrogen-bond acceptors (Lipinski definition) is 7. The van der Waals surface area contributed by atoms with Crippen LogP contribution in [0.5, 0.6) is 11.5 Å². The molecule has 0 aromatic heterocycles. The summed E-state index contributed by atoms with van der Waals surface area (Å²) in [4.78, 5) is 38.6. The summed E-state index contributed by atoms with van der Waals surface area (Å²) in [5.74, 6) is 1.08. The van der Waals surface area contributed by atoms with E-state index in [1.807, 2.05) is 36.4 Å². The molecule has 2 atom stereocenters. The minimum Gasteiger partial charge on any atom is -0.493 e. The van der Waals surface area contributed by atoms with Crippen molar-refractivity contribution in [3.05, 3.63) is 89.0 Å². The van der Waals surface area contributed by atoms with Gasteiger partial charge in [0.2, 0.25) is 0 Å². The molecule has 0 spiro atoms. The zero-order chi connectivity index (χ0) is 30.5. The van der Waals surface area contributed by atoms with Gasteiger partial charge < -0.3 is 20.1 Å². The van der Waals surface area contributed by atoms with Crippen molar-refractivity contribution in [2.45, 2.75) is 38.8 Å². The topological polar surface area (TPSA) is 101 Å². The van der Waals surface area contributed by atoms with Crippen molar-refractivity contribution >= 4 is 23.3 Å². The van der Waals surface area contributed by atoms with Crippen LogP contribution in [0, 0.1) is 0 Å². The second-order valence-electron chi connectivity index (χ2n) is 11.1. The highest BCUT2D eigenvalue weighted by molar-refractivity contribution is 6.24. The molecule has 1 saturated heterocycles. The first-order valence-electron chi connectivity index (χ1n) is 14.9. The van der Waals surface area contributed by atoms with E-state index in [-0.39, 0.29) is 11.8 Å². The van der Waals surface area contributed by atoms with Gasteiger partial charge >= 0.3 is 0 Å². The predicted molar refractivity (Wildman–Crippen MR) is 169 cm³/mol. The monoisotopic (exact) mass is 583 g/mol. The summed E-state index contributed by atoms with van der Waals surface area (Å²) in [6.07, 6.45) is 1.18. The van der Waals surface area contributed by atoms with Gasteiger partial charge in [-0.15, -0.1) is 0 Å². The zero-order valence-electron chi connectivity index (χ0n) is 25.5. The van der Waals surface area contributed by atoms with Crippen LogP contribution in [0.25, 0.3) is 0 Å². The van der Waals surface area contributed by atoms with Crippen LogP contribution in [0.1, 0.15) is 70.6 Å². The second kappa shape index (κ2) is 13.3. The Morgan fingerprint density at radius 1 is 0.884 bits per heavy atom. The fourth-order valence-electron chi connectivity index (χ4n) is 6.17. The molecule has 1 fully saturated rings. The largest absolute Gasteiger partial charge is 0.493 e. The maximum Gasteiger partial charge on any atom is 0.264 e. The lowest BCUT2D eigenvalue weighted by Gasteiger charge is -2.39. The number of aliphatic imine (C=N–C) groups is 1. The van der Waals surface area contributed by atoms with Crippen molar-refractivity contribution in [3.63, 3.8) is 0 Å². The Labute approximate surface area is 253 Å². The fraction of sp³-hybridized carbons (Fsp3) is 0.382. The highest BCUT2D eigenvalue weighted by Crippen LogP contribution is 2.40. The number of hydrogen-bond donors (Lipinski definition) is 1. The number of piperazine rings is 1. The summed E-state index contributed by atoms with van der Waals surface area (Å²) in [6, 6.07) is 21.5. The van der Waals surface area contributed by atoms with E-state index in [4.69, 9.17) is 15.2 Å². The predicted octanol–water partition coefficient (Wildman–Crippen LogP) is 5.08. The summed E-state index contributed by atoms with van der Waals surface area (Å²) in [5, 5.41) is 0. The van der Waals surface area contributed by atoms with Crippen LogP contribution in [0.4, 0.5) is 5.69 Å². The van der Waals surface area contributed by atoms with E-state index in [0.717, 1.165) is 37.4 Å². The lowest BCUT2D eigenvalue weighted by atomic mass is 9.99. The van der Waals surface area contributed by atoms with Gasteiger partial charge in [0.25, 0.3) is 11.8 Å².